The normalized spacial score (nSPS) is 12.8. The van der Waals surface area contributed by atoms with Crippen LogP contribution in [0.4, 0.5) is 4.39 Å². The van der Waals surface area contributed by atoms with Gasteiger partial charge in [0, 0.05) is 6.04 Å². The Morgan fingerprint density at radius 1 is 1.33 bits per heavy atom. The van der Waals surface area contributed by atoms with Gasteiger partial charge in [-0.3, -0.25) is 0 Å². The van der Waals surface area contributed by atoms with Crippen molar-refractivity contribution in [3.63, 3.8) is 0 Å². The molecule has 2 nitrogen and oxygen atoms in total. The Morgan fingerprint density at radius 3 is 2.67 bits per heavy atom. The van der Waals surface area contributed by atoms with E-state index in [0.29, 0.717) is 16.3 Å². The van der Waals surface area contributed by atoms with Gasteiger partial charge in [0.1, 0.15) is 11.6 Å². The zero-order valence-corrected chi connectivity index (χ0v) is 12.8. The van der Waals surface area contributed by atoms with Crippen LogP contribution in [0.5, 0.6) is 5.75 Å². The molecule has 0 amide bonds. The van der Waals surface area contributed by atoms with Gasteiger partial charge >= 0.3 is 0 Å². The Balaban J connectivity index is 2.31. The molecule has 18 heavy (non-hydrogen) atoms. The second-order valence-corrected chi connectivity index (χ2v) is 5.61. The Morgan fingerprint density at radius 2 is 2.06 bits per heavy atom. The molecule has 1 aromatic rings. The minimum Gasteiger partial charge on any atom is -0.491 e. The third kappa shape index (κ3) is 5.83. The highest BCUT2D eigenvalue weighted by atomic mass is 79.9. The number of benzene rings is 1. The molecule has 1 rings (SSSR count). The molecule has 0 saturated heterocycles. The highest BCUT2D eigenvalue weighted by molar-refractivity contribution is 9.10. The van der Waals surface area contributed by atoms with Crippen molar-refractivity contribution in [2.75, 3.05) is 6.54 Å². The van der Waals surface area contributed by atoms with Crippen LogP contribution in [0, 0.1) is 5.82 Å². The third-order valence-corrected chi connectivity index (χ3v) is 3.18. The summed E-state index contributed by atoms with van der Waals surface area (Å²) in [7, 11) is 0. The number of ether oxygens (including phenoxy) is 1. The van der Waals surface area contributed by atoms with Crippen molar-refractivity contribution in [3.8, 4) is 5.75 Å². The van der Waals surface area contributed by atoms with Crippen LogP contribution in [0.3, 0.4) is 0 Å². The van der Waals surface area contributed by atoms with E-state index in [0.717, 1.165) is 19.4 Å². The van der Waals surface area contributed by atoms with E-state index in [9.17, 15) is 4.39 Å². The Labute approximate surface area is 117 Å². The van der Waals surface area contributed by atoms with Gasteiger partial charge in [-0.1, -0.05) is 13.8 Å². The first-order valence-electron chi connectivity index (χ1n) is 6.34. The SMILES string of the molecule is CC(C)NCCCC(C)Oc1ccc(F)c(Br)c1. The van der Waals surface area contributed by atoms with Crippen molar-refractivity contribution in [2.24, 2.45) is 0 Å². The van der Waals surface area contributed by atoms with E-state index in [4.69, 9.17) is 4.74 Å². The van der Waals surface area contributed by atoms with Crippen LogP contribution in [0.2, 0.25) is 0 Å². The molecule has 1 aromatic carbocycles. The van der Waals surface area contributed by atoms with Gasteiger partial charge in [-0.25, -0.2) is 4.39 Å². The quantitative estimate of drug-likeness (QED) is 0.763. The lowest BCUT2D eigenvalue weighted by atomic mass is 10.2. The third-order valence-electron chi connectivity index (χ3n) is 2.57. The van der Waals surface area contributed by atoms with Gasteiger partial charge in [-0.05, 0) is 60.4 Å². The van der Waals surface area contributed by atoms with Crippen molar-refractivity contribution in [1.82, 2.24) is 5.32 Å². The summed E-state index contributed by atoms with van der Waals surface area (Å²) in [5.74, 6) is 0.434. The van der Waals surface area contributed by atoms with Gasteiger partial charge in [0.05, 0.1) is 10.6 Å². The second-order valence-electron chi connectivity index (χ2n) is 4.76. The second kappa shape index (κ2) is 7.74. The lowest BCUT2D eigenvalue weighted by molar-refractivity contribution is 0.206. The van der Waals surface area contributed by atoms with E-state index in [-0.39, 0.29) is 11.9 Å². The standard InChI is InChI=1S/C14H21BrFNO/c1-10(2)17-8-4-5-11(3)18-12-6-7-14(16)13(15)9-12/h6-7,9-11,17H,4-5,8H2,1-3H3. The summed E-state index contributed by atoms with van der Waals surface area (Å²) in [6.45, 7) is 7.30. The largest absolute Gasteiger partial charge is 0.491 e. The summed E-state index contributed by atoms with van der Waals surface area (Å²) in [6.07, 6.45) is 2.19. The zero-order chi connectivity index (χ0) is 13.5. The van der Waals surface area contributed by atoms with Gasteiger partial charge in [-0.2, -0.15) is 0 Å². The van der Waals surface area contributed by atoms with Crippen LogP contribution in [0.15, 0.2) is 22.7 Å². The Hall–Kier alpha value is -0.610. The molecule has 0 heterocycles. The average molecular weight is 318 g/mol. The number of nitrogens with one attached hydrogen (secondary N) is 1. The molecule has 1 unspecified atom stereocenters. The maximum atomic E-state index is 13.0. The van der Waals surface area contributed by atoms with Crippen molar-refractivity contribution in [3.05, 3.63) is 28.5 Å². The smallest absolute Gasteiger partial charge is 0.137 e. The van der Waals surface area contributed by atoms with Crippen LogP contribution in [0.25, 0.3) is 0 Å². The maximum Gasteiger partial charge on any atom is 0.137 e. The molecule has 0 spiro atoms. The van der Waals surface area contributed by atoms with E-state index in [2.05, 4.69) is 35.1 Å². The maximum absolute atomic E-state index is 13.0. The summed E-state index contributed by atoms with van der Waals surface area (Å²) < 4.78 is 19.2. The highest BCUT2D eigenvalue weighted by Gasteiger charge is 2.06. The van der Waals surface area contributed by atoms with Crippen molar-refractivity contribution >= 4 is 15.9 Å². The molecule has 0 aliphatic rings. The lowest BCUT2D eigenvalue weighted by Crippen LogP contribution is -2.25. The van der Waals surface area contributed by atoms with Crippen LogP contribution in [0.1, 0.15) is 33.6 Å². The Bertz CT molecular complexity index is 371. The van der Waals surface area contributed by atoms with Crippen molar-refractivity contribution < 1.29 is 9.13 Å². The molecular weight excluding hydrogens is 297 g/mol. The molecule has 0 aliphatic heterocycles. The fourth-order valence-corrected chi connectivity index (χ4v) is 1.98. The zero-order valence-electron chi connectivity index (χ0n) is 11.2. The molecular formula is C14H21BrFNO. The van der Waals surface area contributed by atoms with Crippen LogP contribution >= 0.6 is 15.9 Å². The molecule has 102 valence electrons. The number of hydrogen-bond donors (Lipinski definition) is 1. The molecule has 0 bridgehead atoms. The molecule has 0 saturated carbocycles. The summed E-state index contributed by atoms with van der Waals surface area (Å²) in [5.41, 5.74) is 0. The fourth-order valence-electron chi connectivity index (χ4n) is 1.62. The monoisotopic (exact) mass is 317 g/mol. The van der Waals surface area contributed by atoms with E-state index in [1.54, 1.807) is 12.1 Å². The van der Waals surface area contributed by atoms with E-state index >= 15 is 0 Å². The predicted octanol–water partition coefficient (Wildman–Crippen LogP) is 4.13. The molecule has 1 N–H and O–H groups in total. The minimum absolute atomic E-state index is 0.135. The van der Waals surface area contributed by atoms with Crippen molar-refractivity contribution in [1.29, 1.82) is 0 Å². The first kappa shape index (κ1) is 15.4. The van der Waals surface area contributed by atoms with Gasteiger partial charge in [0.15, 0.2) is 0 Å². The fraction of sp³-hybridized carbons (Fsp3) is 0.571. The summed E-state index contributed by atoms with van der Waals surface area (Å²) in [5, 5.41) is 3.37. The van der Waals surface area contributed by atoms with Gasteiger partial charge in [0.25, 0.3) is 0 Å². The molecule has 0 fully saturated rings. The van der Waals surface area contributed by atoms with E-state index < -0.39 is 0 Å². The van der Waals surface area contributed by atoms with Crippen LogP contribution in [-0.4, -0.2) is 18.7 Å². The summed E-state index contributed by atoms with van der Waals surface area (Å²) in [4.78, 5) is 0. The molecule has 0 aromatic heterocycles. The van der Waals surface area contributed by atoms with Crippen molar-refractivity contribution in [2.45, 2.75) is 45.8 Å². The van der Waals surface area contributed by atoms with Gasteiger partial charge in [0.2, 0.25) is 0 Å². The van der Waals surface area contributed by atoms with Gasteiger partial charge in [-0.15, -0.1) is 0 Å². The Kier molecular flexibility index (Phi) is 6.65. The lowest BCUT2D eigenvalue weighted by Gasteiger charge is -2.15. The highest BCUT2D eigenvalue weighted by Crippen LogP contribution is 2.23. The van der Waals surface area contributed by atoms with Gasteiger partial charge < -0.3 is 10.1 Å². The predicted molar refractivity (Wildman–Crippen MR) is 76.6 cm³/mol. The molecule has 1 atom stereocenters. The molecule has 4 heteroatoms. The van der Waals surface area contributed by atoms with E-state index in [1.807, 2.05) is 6.92 Å². The first-order valence-corrected chi connectivity index (χ1v) is 7.13. The summed E-state index contributed by atoms with van der Waals surface area (Å²) in [6, 6.07) is 5.25. The number of hydrogen-bond acceptors (Lipinski definition) is 2. The van der Waals surface area contributed by atoms with Crippen LogP contribution < -0.4 is 10.1 Å². The van der Waals surface area contributed by atoms with E-state index in [1.165, 1.54) is 6.07 Å². The molecule has 0 aliphatic carbocycles. The van der Waals surface area contributed by atoms with Crippen LogP contribution in [-0.2, 0) is 0 Å². The minimum atomic E-state index is -0.267. The number of halogens is 2. The summed E-state index contributed by atoms with van der Waals surface area (Å²) >= 11 is 3.15. The molecule has 0 radical (unpaired) electrons. The number of rotatable bonds is 7. The average Bonchev–Trinajstić information content (AvgIpc) is 2.29. The first-order chi connectivity index (χ1) is 8.49. The topological polar surface area (TPSA) is 21.3 Å².